The van der Waals surface area contributed by atoms with Crippen molar-refractivity contribution in [3.8, 4) is 0 Å². The zero-order valence-electron chi connectivity index (χ0n) is 15.8. The summed E-state index contributed by atoms with van der Waals surface area (Å²) in [5, 5.41) is 0.432. The van der Waals surface area contributed by atoms with Crippen LogP contribution in [0.2, 0.25) is 5.02 Å². The van der Waals surface area contributed by atoms with E-state index in [1.807, 2.05) is 41.3 Å². The van der Waals surface area contributed by atoms with Crippen LogP contribution in [0.3, 0.4) is 0 Å². The Kier molecular flexibility index (Phi) is 5.74. The van der Waals surface area contributed by atoms with Crippen LogP contribution in [0.4, 0.5) is 5.88 Å². The first kappa shape index (κ1) is 19.7. The van der Waals surface area contributed by atoms with E-state index < -0.39 is 9.84 Å². The van der Waals surface area contributed by atoms with Gasteiger partial charge in [0.1, 0.15) is 0 Å². The molecule has 0 aliphatic carbocycles. The number of hydrogen-bond donors (Lipinski definition) is 0. The summed E-state index contributed by atoms with van der Waals surface area (Å²) in [6, 6.07) is 15.8. The minimum atomic E-state index is -3.84. The van der Waals surface area contributed by atoms with E-state index in [2.05, 4.69) is 4.98 Å². The molecule has 3 aromatic rings. The van der Waals surface area contributed by atoms with Crippen LogP contribution < -0.4 is 4.90 Å². The van der Waals surface area contributed by atoms with Gasteiger partial charge >= 0.3 is 0 Å². The number of aromatic nitrogens is 1. The number of oxazole rings is 1. The Morgan fingerprint density at radius 2 is 1.62 bits per heavy atom. The van der Waals surface area contributed by atoms with Crippen LogP contribution in [0.25, 0.3) is 12.2 Å². The second kappa shape index (κ2) is 8.43. The summed E-state index contributed by atoms with van der Waals surface area (Å²) >= 11 is 5.92. The molecular weight excluding hydrogens is 408 g/mol. The highest BCUT2D eigenvalue weighted by Gasteiger charge is 2.31. The number of nitrogens with zero attached hydrogens (tertiary/aromatic N) is 2. The summed E-state index contributed by atoms with van der Waals surface area (Å²) in [5.41, 5.74) is 0.979. The Morgan fingerprint density at radius 1 is 0.931 bits per heavy atom. The zero-order valence-corrected chi connectivity index (χ0v) is 17.4. The van der Waals surface area contributed by atoms with Crippen molar-refractivity contribution in [1.82, 2.24) is 4.98 Å². The van der Waals surface area contributed by atoms with E-state index in [4.69, 9.17) is 16.0 Å². The number of piperidine rings is 1. The second-order valence-electron chi connectivity index (χ2n) is 6.91. The van der Waals surface area contributed by atoms with Gasteiger partial charge in [-0.25, -0.2) is 8.42 Å². The fourth-order valence-corrected chi connectivity index (χ4v) is 4.77. The van der Waals surface area contributed by atoms with Crippen LogP contribution in [0.15, 0.2) is 68.9 Å². The van der Waals surface area contributed by atoms with Gasteiger partial charge in [0.2, 0.25) is 26.6 Å². The first-order chi connectivity index (χ1) is 14.0. The molecule has 0 amide bonds. The smallest absolute Gasteiger partial charge is 0.236 e. The molecule has 0 spiro atoms. The maximum absolute atomic E-state index is 13.3. The average Bonchev–Trinajstić information content (AvgIpc) is 3.19. The largest absolute Gasteiger partial charge is 0.420 e. The highest BCUT2D eigenvalue weighted by molar-refractivity contribution is 7.91. The number of rotatable bonds is 5. The van der Waals surface area contributed by atoms with Gasteiger partial charge in [-0.1, -0.05) is 41.9 Å². The third-order valence-corrected chi connectivity index (χ3v) is 6.76. The number of halogens is 1. The van der Waals surface area contributed by atoms with Crippen molar-refractivity contribution in [2.75, 3.05) is 18.0 Å². The molecule has 7 heteroatoms. The van der Waals surface area contributed by atoms with Crippen LogP contribution in [-0.2, 0) is 9.84 Å². The van der Waals surface area contributed by atoms with Gasteiger partial charge in [-0.05, 0) is 55.2 Å². The molecule has 0 bridgehead atoms. The van der Waals surface area contributed by atoms with Crippen molar-refractivity contribution >= 4 is 39.5 Å². The van der Waals surface area contributed by atoms with Gasteiger partial charge in [0.25, 0.3) is 0 Å². The lowest BCUT2D eigenvalue weighted by Gasteiger charge is -2.26. The molecule has 1 aliphatic rings. The molecule has 150 valence electrons. The molecule has 0 unspecified atom stereocenters. The van der Waals surface area contributed by atoms with Crippen molar-refractivity contribution in [3.05, 3.63) is 71.1 Å². The van der Waals surface area contributed by atoms with E-state index in [-0.39, 0.29) is 15.8 Å². The normalized spacial score (nSPS) is 15.1. The highest BCUT2D eigenvalue weighted by Crippen LogP contribution is 2.33. The van der Waals surface area contributed by atoms with E-state index in [1.54, 1.807) is 18.2 Å². The molecule has 1 aliphatic heterocycles. The van der Waals surface area contributed by atoms with Gasteiger partial charge in [0, 0.05) is 24.2 Å². The van der Waals surface area contributed by atoms with Crippen molar-refractivity contribution in [2.45, 2.75) is 29.2 Å². The van der Waals surface area contributed by atoms with Gasteiger partial charge in [-0.15, -0.1) is 0 Å². The van der Waals surface area contributed by atoms with Crippen LogP contribution >= 0.6 is 11.6 Å². The van der Waals surface area contributed by atoms with Crippen LogP contribution in [-0.4, -0.2) is 26.5 Å². The minimum Gasteiger partial charge on any atom is -0.420 e. The predicted molar refractivity (Wildman–Crippen MR) is 115 cm³/mol. The summed E-state index contributed by atoms with van der Waals surface area (Å²) in [5.74, 6) is 0.578. The van der Waals surface area contributed by atoms with Crippen molar-refractivity contribution in [3.63, 3.8) is 0 Å². The fraction of sp³-hybridized carbons (Fsp3) is 0.227. The maximum atomic E-state index is 13.3. The maximum Gasteiger partial charge on any atom is 0.236 e. The molecule has 0 N–H and O–H groups in total. The summed E-state index contributed by atoms with van der Waals surface area (Å²) in [4.78, 5) is 6.47. The number of benzene rings is 2. The van der Waals surface area contributed by atoms with E-state index in [0.717, 1.165) is 37.9 Å². The molecule has 29 heavy (non-hydrogen) atoms. The minimum absolute atomic E-state index is 0.0468. The fourth-order valence-electron chi connectivity index (χ4n) is 3.31. The average molecular weight is 429 g/mol. The number of hydrogen-bond acceptors (Lipinski definition) is 5. The van der Waals surface area contributed by atoms with Crippen LogP contribution in [0.1, 0.15) is 30.7 Å². The topological polar surface area (TPSA) is 63.4 Å². The highest BCUT2D eigenvalue weighted by atomic mass is 35.5. The predicted octanol–water partition coefficient (Wildman–Crippen LogP) is 5.32. The lowest BCUT2D eigenvalue weighted by atomic mass is 10.1. The summed E-state index contributed by atoms with van der Waals surface area (Å²) in [6.45, 7) is 1.50. The SMILES string of the molecule is O=S(=O)(c1ccc(Cl)cc1)c1nc(C=Cc2ccccc2)oc1N1CCCCC1. The molecule has 2 heterocycles. The van der Waals surface area contributed by atoms with Crippen molar-refractivity contribution < 1.29 is 12.8 Å². The first-order valence-electron chi connectivity index (χ1n) is 9.53. The molecular formula is C22H21ClN2O3S. The van der Waals surface area contributed by atoms with Crippen LogP contribution in [0.5, 0.6) is 0 Å². The van der Waals surface area contributed by atoms with Gasteiger partial charge in [0.15, 0.2) is 0 Å². The first-order valence-corrected chi connectivity index (χ1v) is 11.4. The lowest BCUT2D eigenvalue weighted by molar-refractivity contribution is 0.487. The van der Waals surface area contributed by atoms with Gasteiger partial charge < -0.3 is 9.32 Å². The van der Waals surface area contributed by atoms with E-state index in [1.165, 1.54) is 12.1 Å². The summed E-state index contributed by atoms with van der Waals surface area (Å²) in [6.07, 6.45) is 6.67. The Bertz CT molecular complexity index is 1100. The van der Waals surface area contributed by atoms with Gasteiger partial charge in [-0.3, -0.25) is 0 Å². The molecule has 0 radical (unpaired) electrons. The van der Waals surface area contributed by atoms with Crippen molar-refractivity contribution in [2.24, 2.45) is 0 Å². The molecule has 4 rings (SSSR count). The molecule has 0 atom stereocenters. The van der Waals surface area contributed by atoms with Crippen LogP contribution in [0, 0.1) is 0 Å². The Labute approximate surface area is 175 Å². The van der Waals surface area contributed by atoms with E-state index in [0.29, 0.717) is 10.9 Å². The summed E-state index contributed by atoms with van der Waals surface area (Å²) in [7, 11) is -3.84. The Morgan fingerprint density at radius 3 is 2.31 bits per heavy atom. The molecule has 5 nitrogen and oxygen atoms in total. The molecule has 1 saturated heterocycles. The van der Waals surface area contributed by atoms with Gasteiger partial charge in [-0.2, -0.15) is 4.98 Å². The quantitative estimate of drug-likeness (QED) is 0.550. The third kappa shape index (κ3) is 4.38. The number of anilines is 1. The van der Waals surface area contributed by atoms with E-state index >= 15 is 0 Å². The zero-order chi connectivity index (χ0) is 20.3. The molecule has 0 saturated carbocycles. The standard InChI is InChI=1S/C22H21ClN2O3S/c23-18-10-12-19(13-11-18)29(26,27)21-22(25-15-5-2-6-16-25)28-20(24-21)14-9-17-7-3-1-4-8-17/h1,3-4,7-14H,2,5-6,15-16H2. The molecule has 1 fully saturated rings. The Hall–Kier alpha value is -2.57. The van der Waals surface area contributed by atoms with Gasteiger partial charge in [0.05, 0.1) is 4.90 Å². The number of sulfone groups is 1. The molecule has 2 aromatic carbocycles. The second-order valence-corrected chi connectivity index (χ2v) is 9.21. The third-order valence-electron chi connectivity index (χ3n) is 4.84. The summed E-state index contributed by atoms with van der Waals surface area (Å²) < 4.78 is 32.5. The Balaban J connectivity index is 1.75. The molecule has 1 aromatic heterocycles. The van der Waals surface area contributed by atoms with Crippen molar-refractivity contribution in [1.29, 1.82) is 0 Å². The monoisotopic (exact) mass is 428 g/mol. The van der Waals surface area contributed by atoms with E-state index in [9.17, 15) is 8.42 Å². The lowest BCUT2D eigenvalue weighted by Crippen LogP contribution is -2.30.